The van der Waals surface area contributed by atoms with Crippen LogP contribution in [0.4, 0.5) is 10.2 Å². The molecule has 0 fully saturated rings. The summed E-state index contributed by atoms with van der Waals surface area (Å²) in [7, 11) is 0. The number of aromatic nitrogens is 2. The van der Waals surface area contributed by atoms with Gasteiger partial charge in [0, 0.05) is 6.20 Å². The molecule has 80 valence electrons. The van der Waals surface area contributed by atoms with E-state index in [-0.39, 0.29) is 5.82 Å². The first-order valence-electron chi connectivity index (χ1n) is 4.45. The van der Waals surface area contributed by atoms with E-state index in [2.05, 4.69) is 4.98 Å². The molecule has 2 N–H and O–H groups in total. The molecule has 2 heterocycles. The summed E-state index contributed by atoms with van der Waals surface area (Å²) in [5.74, 6) is 0.153. The zero-order valence-corrected chi connectivity index (χ0v) is 7.84. The second kappa shape index (κ2) is 3.82. The lowest BCUT2D eigenvalue weighted by Crippen LogP contribution is -2.27. The van der Waals surface area contributed by atoms with Gasteiger partial charge in [-0.25, -0.2) is 9.18 Å². The molecule has 1 aromatic rings. The lowest BCUT2D eigenvalue weighted by atomic mass is 10.4. The first kappa shape index (κ1) is 9.85. The number of hydrogen-bond donors (Lipinski definition) is 1. The molecule has 0 amide bonds. The van der Waals surface area contributed by atoms with Gasteiger partial charge in [0.1, 0.15) is 18.6 Å². The summed E-state index contributed by atoms with van der Waals surface area (Å²) in [5.41, 5.74) is 4.83. The number of nitrogen functional groups attached to an aromatic ring is 1. The zero-order valence-electron chi connectivity index (χ0n) is 7.84. The Labute approximate surface area is 85.0 Å². The lowest BCUT2D eigenvalue weighted by Gasteiger charge is -2.13. The van der Waals surface area contributed by atoms with Crippen LogP contribution in [0.3, 0.4) is 0 Å². The van der Waals surface area contributed by atoms with Crippen LogP contribution < -0.4 is 11.4 Å². The Kier molecular flexibility index (Phi) is 2.51. The molecule has 2 atom stereocenters. The molecular weight excluding hydrogens is 201 g/mol. The van der Waals surface area contributed by atoms with E-state index in [1.807, 2.05) is 0 Å². The van der Waals surface area contributed by atoms with Crippen LogP contribution in [-0.2, 0) is 4.74 Å². The van der Waals surface area contributed by atoms with Gasteiger partial charge in [0.25, 0.3) is 0 Å². The molecule has 5 nitrogen and oxygen atoms in total. The third-order valence-corrected chi connectivity index (χ3v) is 2.08. The van der Waals surface area contributed by atoms with Crippen LogP contribution in [0.2, 0.25) is 0 Å². The lowest BCUT2D eigenvalue weighted by molar-refractivity contribution is 0.00484. The number of nitrogens with zero attached hydrogens (tertiary/aromatic N) is 2. The van der Waals surface area contributed by atoms with Gasteiger partial charge in [0.2, 0.25) is 0 Å². The zero-order chi connectivity index (χ0) is 10.8. The number of nitrogens with two attached hydrogens (primary N) is 1. The maximum Gasteiger partial charge on any atom is 0.351 e. The van der Waals surface area contributed by atoms with Crippen LogP contribution in [0.5, 0.6) is 0 Å². The smallest absolute Gasteiger partial charge is 0.351 e. The third kappa shape index (κ3) is 1.89. The first-order chi connectivity index (χ1) is 7.20. The predicted octanol–water partition coefficient (Wildman–Crippen LogP) is 0.249. The van der Waals surface area contributed by atoms with Gasteiger partial charge in [-0.15, -0.1) is 0 Å². The maximum atomic E-state index is 12.3. The molecule has 1 aliphatic heterocycles. The predicted molar refractivity (Wildman–Crippen MR) is 51.9 cm³/mol. The van der Waals surface area contributed by atoms with E-state index >= 15 is 0 Å². The SMILES string of the molecule is Nc1ccn([C@H]2C=C[C@@H](CF)O2)c(=O)n1. The Hall–Kier alpha value is -1.69. The second-order valence-corrected chi connectivity index (χ2v) is 3.15. The van der Waals surface area contributed by atoms with E-state index in [1.54, 1.807) is 12.2 Å². The minimum absolute atomic E-state index is 0.153. The topological polar surface area (TPSA) is 70.1 Å². The molecule has 15 heavy (non-hydrogen) atoms. The van der Waals surface area contributed by atoms with Crippen LogP contribution in [-0.4, -0.2) is 22.3 Å². The van der Waals surface area contributed by atoms with Gasteiger partial charge in [-0.1, -0.05) is 6.08 Å². The fraction of sp³-hybridized carbons (Fsp3) is 0.333. The van der Waals surface area contributed by atoms with Crippen molar-refractivity contribution >= 4 is 5.82 Å². The van der Waals surface area contributed by atoms with Gasteiger partial charge in [-0.05, 0) is 12.1 Å². The highest BCUT2D eigenvalue weighted by atomic mass is 19.1. The number of halogens is 1. The van der Waals surface area contributed by atoms with Gasteiger partial charge in [-0.3, -0.25) is 4.57 Å². The number of alkyl halides is 1. The van der Waals surface area contributed by atoms with Gasteiger partial charge in [0.15, 0.2) is 6.23 Å². The van der Waals surface area contributed by atoms with Crippen molar-refractivity contribution in [2.24, 2.45) is 0 Å². The fourth-order valence-electron chi connectivity index (χ4n) is 1.35. The van der Waals surface area contributed by atoms with Crippen molar-refractivity contribution in [3.8, 4) is 0 Å². The van der Waals surface area contributed by atoms with Crippen molar-refractivity contribution in [1.82, 2.24) is 9.55 Å². The van der Waals surface area contributed by atoms with Crippen molar-refractivity contribution < 1.29 is 9.13 Å². The van der Waals surface area contributed by atoms with Crippen molar-refractivity contribution in [1.29, 1.82) is 0 Å². The quantitative estimate of drug-likeness (QED) is 0.712. The molecule has 0 radical (unpaired) electrons. The van der Waals surface area contributed by atoms with Crippen molar-refractivity contribution in [2.75, 3.05) is 12.4 Å². The number of hydrogen-bond acceptors (Lipinski definition) is 4. The van der Waals surface area contributed by atoms with Crippen molar-refractivity contribution in [2.45, 2.75) is 12.3 Å². The van der Waals surface area contributed by atoms with E-state index < -0.39 is 24.7 Å². The number of anilines is 1. The minimum Gasteiger partial charge on any atom is -0.383 e. The summed E-state index contributed by atoms with van der Waals surface area (Å²) in [5, 5.41) is 0. The first-order valence-corrected chi connectivity index (χ1v) is 4.45. The second-order valence-electron chi connectivity index (χ2n) is 3.15. The minimum atomic E-state index is -0.607. The van der Waals surface area contributed by atoms with Gasteiger partial charge >= 0.3 is 5.69 Å². The van der Waals surface area contributed by atoms with Crippen LogP contribution >= 0.6 is 0 Å². The van der Waals surface area contributed by atoms with Gasteiger partial charge < -0.3 is 10.5 Å². The van der Waals surface area contributed by atoms with E-state index in [1.165, 1.54) is 16.8 Å². The molecule has 0 aromatic carbocycles. The average molecular weight is 211 g/mol. The Balaban J connectivity index is 2.25. The molecule has 2 rings (SSSR count). The Morgan fingerprint density at radius 1 is 1.60 bits per heavy atom. The maximum absolute atomic E-state index is 12.3. The van der Waals surface area contributed by atoms with Gasteiger partial charge in [0.05, 0.1) is 0 Å². The van der Waals surface area contributed by atoms with Crippen LogP contribution in [0.25, 0.3) is 0 Å². The molecule has 0 saturated carbocycles. The highest BCUT2D eigenvalue weighted by Crippen LogP contribution is 2.19. The molecule has 0 unspecified atom stereocenters. The van der Waals surface area contributed by atoms with E-state index in [4.69, 9.17) is 10.5 Å². The molecule has 6 heteroatoms. The summed E-state index contributed by atoms with van der Waals surface area (Å²) in [4.78, 5) is 14.9. The highest BCUT2D eigenvalue weighted by molar-refractivity contribution is 5.23. The molecule has 0 spiro atoms. The summed E-state index contributed by atoms with van der Waals surface area (Å²) >= 11 is 0. The van der Waals surface area contributed by atoms with E-state index in [0.717, 1.165) is 0 Å². The third-order valence-electron chi connectivity index (χ3n) is 2.08. The van der Waals surface area contributed by atoms with E-state index in [0.29, 0.717) is 0 Å². The molecule has 1 aromatic heterocycles. The summed E-state index contributed by atoms with van der Waals surface area (Å²) in [6, 6.07) is 1.49. The van der Waals surface area contributed by atoms with E-state index in [9.17, 15) is 9.18 Å². The standard InChI is InChI=1S/C9H10FN3O2/c10-5-6-1-2-8(15-6)13-4-3-7(11)12-9(13)14/h1-4,6,8H,5H2,(H2,11,12,14)/t6-,8+/m0/s1. The largest absolute Gasteiger partial charge is 0.383 e. The monoisotopic (exact) mass is 211 g/mol. The van der Waals surface area contributed by atoms with Crippen LogP contribution in [0, 0.1) is 0 Å². The highest BCUT2D eigenvalue weighted by Gasteiger charge is 2.21. The Bertz CT molecular complexity index is 443. The molecular formula is C9H10FN3O2. The molecule has 0 bridgehead atoms. The molecule has 0 saturated heterocycles. The van der Waals surface area contributed by atoms with Crippen molar-refractivity contribution in [3.63, 3.8) is 0 Å². The average Bonchev–Trinajstić information content (AvgIpc) is 2.66. The molecule has 0 aliphatic carbocycles. The van der Waals surface area contributed by atoms with Crippen molar-refractivity contribution in [3.05, 3.63) is 34.9 Å². The van der Waals surface area contributed by atoms with Crippen LogP contribution in [0.15, 0.2) is 29.2 Å². The molecule has 1 aliphatic rings. The summed E-state index contributed by atoms with van der Waals surface area (Å²) in [6.45, 7) is -0.607. The normalized spacial score (nSPS) is 24.6. The van der Waals surface area contributed by atoms with Gasteiger partial charge in [-0.2, -0.15) is 4.98 Å². The summed E-state index contributed by atoms with van der Waals surface area (Å²) in [6.07, 6.45) is 3.49. The Morgan fingerprint density at radius 2 is 2.40 bits per heavy atom. The van der Waals surface area contributed by atoms with Crippen LogP contribution in [0.1, 0.15) is 6.23 Å². The summed E-state index contributed by atoms with van der Waals surface area (Å²) < 4.78 is 18.7. The number of rotatable bonds is 2. The fourth-order valence-corrected chi connectivity index (χ4v) is 1.35. The Morgan fingerprint density at radius 3 is 3.00 bits per heavy atom. The number of ether oxygens (including phenoxy) is 1.